The van der Waals surface area contributed by atoms with E-state index in [0.29, 0.717) is 17.7 Å². The number of aliphatic hydroxyl groups excluding tert-OH is 2. The molecule has 1 fully saturated rings. The van der Waals surface area contributed by atoms with E-state index in [9.17, 15) is 15.0 Å². The van der Waals surface area contributed by atoms with Crippen molar-refractivity contribution in [2.24, 2.45) is 5.73 Å². The van der Waals surface area contributed by atoms with Crippen LogP contribution < -0.4 is 16.8 Å². The van der Waals surface area contributed by atoms with Crippen molar-refractivity contribution in [3.8, 4) is 0 Å². The highest BCUT2D eigenvalue weighted by atomic mass is 16.6. The van der Waals surface area contributed by atoms with E-state index in [-0.39, 0.29) is 5.82 Å². The number of carbonyl (C=O) groups excluding carboxylic acids is 1. The molecule has 3 heterocycles. The Morgan fingerprint density at radius 3 is 2.59 bits per heavy atom. The number of carbonyl (C=O) groups is 1. The smallest absolute Gasteiger partial charge is 0.252 e. The number of aliphatic hydroxyl groups is 2. The number of rotatable bonds is 10. The molecule has 3 rings (SSSR count). The van der Waals surface area contributed by atoms with Crippen molar-refractivity contribution in [2.75, 3.05) is 18.8 Å². The van der Waals surface area contributed by atoms with Crippen molar-refractivity contribution in [1.29, 1.82) is 0 Å². The molecule has 4 atom stereocenters. The minimum Gasteiger partial charge on any atom is -0.387 e. The van der Waals surface area contributed by atoms with Crippen molar-refractivity contribution >= 4 is 22.9 Å². The van der Waals surface area contributed by atoms with Crippen molar-refractivity contribution < 1.29 is 19.7 Å². The molecule has 11 nitrogen and oxygen atoms in total. The quantitative estimate of drug-likeness (QED) is 0.323. The van der Waals surface area contributed by atoms with Gasteiger partial charge in [0.05, 0.1) is 6.33 Å². The Kier molecular flexibility index (Phi) is 7.31. The molecule has 2 aromatic rings. The number of nitrogen functional groups attached to an aromatic ring is 1. The lowest BCUT2D eigenvalue weighted by Crippen LogP contribution is -2.43. The SMILES string of the molecule is NCCCCCCCCNC(=O)[C@H]1O[C@@H](n2cnc3c(N)ncnc32)[C@H](O)[C@@H]1O. The number of fused-ring (bicyclic) bond motifs is 1. The van der Waals surface area contributed by atoms with Crippen LogP contribution in [0.4, 0.5) is 5.82 Å². The molecule has 2 aromatic heterocycles. The zero-order valence-electron chi connectivity index (χ0n) is 16.3. The molecule has 0 aliphatic carbocycles. The molecule has 29 heavy (non-hydrogen) atoms. The maximum Gasteiger partial charge on any atom is 0.252 e. The number of hydrogen-bond donors (Lipinski definition) is 5. The fourth-order valence-corrected chi connectivity index (χ4v) is 3.45. The third-order valence-corrected chi connectivity index (χ3v) is 5.09. The van der Waals surface area contributed by atoms with Crippen molar-refractivity contribution in [1.82, 2.24) is 24.8 Å². The normalized spacial score (nSPS) is 24.2. The molecule has 0 spiro atoms. The predicted molar refractivity (Wildman–Crippen MR) is 105 cm³/mol. The monoisotopic (exact) mass is 407 g/mol. The van der Waals surface area contributed by atoms with Gasteiger partial charge < -0.3 is 31.7 Å². The summed E-state index contributed by atoms with van der Waals surface area (Å²) < 4.78 is 7.10. The average Bonchev–Trinajstić information content (AvgIpc) is 3.26. The van der Waals surface area contributed by atoms with E-state index in [2.05, 4.69) is 20.3 Å². The van der Waals surface area contributed by atoms with Gasteiger partial charge in [-0.05, 0) is 19.4 Å². The molecule has 11 heteroatoms. The Labute approximate surface area is 168 Å². The zero-order chi connectivity index (χ0) is 20.8. The number of hydrogen-bond acceptors (Lipinski definition) is 9. The lowest BCUT2D eigenvalue weighted by molar-refractivity contribution is -0.137. The number of unbranched alkanes of at least 4 members (excludes halogenated alkanes) is 5. The predicted octanol–water partition coefficient (Wildman–Crippen LogP) is -0.557. The van der Waals surface area contributed by atoms with E-state index < -0.39 is 30.4 Å². The van der Waals surface area contributed by atoms with Gasteiger partial charge in [0.15, 0.2) is 23.8 Å². The first-order valence-electron chi connectivity index (χ1n) is 9.97. The third-order valence-electron chi connectivity index (χ3n) is 5.09. The van der Waals surface area contributed by atoms with E-state index in [0.717, 1.165) is 45.1 Å². The Balaban J connectivity index is 1.52. The number of nitrogens with one attached hydrogen (secondary N) is 1. The largest absolute Gasteiger partial charge is 0.387 e. The van der Waals surface area contributed by atoms with Crippen LogP contribution in [0.3, 0.4) is 0 Å². The van der Waals surface area contributed by atoms with Gasteiger partial charge in [0.25, 0.3) is 5.91 Å². The van der Waals surface area contributed by atoms with Crippen LogP contribution >= 0.6 is 0 Å². The fourth-order valence-electron chi connectivity index (χ4n) is 3.45. The van der Waals surface area contributed by atoms with Gasteiger partial charge in [-0.3, -0.25) is 9.36 Å². The summed E-state index contributed by atoms with van der Waals surface area (Å²) in [4.78, 5) is 24.5. The molecule has 1 amide bonds. The number of amides is 1. The third kappa shape index (κ3) is 4.81. The average molecular weight is 407 g/mol. The minimum atomic E-state index is -1.37. The van der Waals surface area contributed by atoms with E-state index in [1.807, 2.05) is 0 Å². The first-order valence-corrected chi connectivity index (χ1v) is 9.97. The summed E-state index contributed by atoms with van der Waals surface area (Å²) in [7, 11) is 0. The lowest BCUT2D eigenvalue weighted by atomic mass is 10.1. The topological polar surface area (TPSA) is 174 Å². The van der Waals surface area contributed by atoms with E-state index in [4.69, 9.17) is 16.2 Å². The van der Waals surface area contributed by atoms with E-state index in [1.54, 1.807) is 0 Å². The maximum atomic E-state index is 12.4. The second-order valence-corrected chi connectivity index (χ2v) is 7.21. The van der Waals surface area contributed by atoms with Gasteiger partial charge in [0.2, 0.25) is 0 Å². The van der Waals surface area contributed by atoms with Gasteiger partial charge in [-0.25, -0.2) is 15.0 Å². The Bertz CT molecular complexity index is 815. The van der Waals surface area contributed by atoms with Gasteiger partial charge in [-0.2, -0.15) is 0 Å². The molecule has 0 saturated carbocycles. The van der Waals surface area contributed by atoms with Gasteiger partial charge in [0.1, 0.15) is 24.1 Å². The first kappa shape index (κ1) is 21.4. The second kappa shape index (κ2) is 9.92. The number of ether oxygens (including phenoxy) is 1. The highest BCUT2D eigenvalue weighted by Crippen LogP contribution is 2.32. The molecule has 0 unspecified atom stereocenters. The summed E-state index contributed by atoms with van der Waals surface area (Å²) in [5.74, 6) is -0.264. The van der Waals surface area contributed by atoms with Crippen molar-refractivity contribution in [3.63, 3.8) is 0 Å². The van der Waals surface area contributed by atoms with Crippen LogP contribution in [-0.4, -0.2) is 67.0 Å². The maximum absolute atomic E-state index is 12.4. The molecular weight excluding hydrogens is 378 g/mol. The molecule has 0 radical (unpaired) electrons. The van der Waals surface area contributed by atoms with Crippen LogP contribution in [0.1, 0.15) is 44.8 Å². The Hall–Kier alpha value is -2.34. The molecule has 1 aliphatic rings. The minimum absolute atomic E-state index is 0.194. The summed E-state index contributed by atoms with van der Waals surface area (Å²) in [6.07, 6.45) is 4.03. The molecule has 7 N–H and O–H groups in total. The summed E-state index contributed by atoms with van der Waals surface area (Å²) in [5, 5.41) is 23.5. The summed E-state index contributed by atoms with van der Waals surface area (Å²) in [5.41, 5.74) is 11.9. The number of aromatic nitrogens is 4. The molecule has 1 aliphatic heterocycles. The van der Waals surface area contributed by atoms with E-state index in [1.165, 1.54) is 17.2 Å². The van der Waals surface area contributed by atoms with Crippen LogP contribution in [0.5, 0.6) is 0 Å². The fraction of sp³-hybridized carbons (Fsp3) is 0.667. The van der Waals surface area contributed by atoms with Crippen LogP contribution in [0, 0.1) is 0 Å². The van der Waals surface area contributed by atoms with Crippen LogP contribution in [0.25, 0.3) is 11.2 Å². The Morgan fingerprint density at radius 2 is 1.83 bits per heavy atom. The molecule has 1 saturated heterocycles. The summed E-state index contributed by atoms with van der Waals surface area (Å²) >= 11 is 0. The highest BCUT2D eigenvalue weighted by Gasteiger charge is 2.47. The van der Waals surface area contributed by atoms with Crippen molar-refractivity contribution in [3.05, 3.63) is 12.7 Å². The number of nitrogens with two attached hydrogens (primary N) is 2. The molecule has 0 bridgehead atoms. The van der Waals surface area contributed by atoms with E-state index >= 15 is 0 Å². The van der Waals surface area contributed by atoms with Crippen LogP contribution in [-0.2, 0) is 9.53 Å². The van der Waals surface area contributed by atoms with Gasteiger partial charge in [-0.15, -0.1) is 0 Å². The van der Waals surface area contributed by atoms with Gasteiger partial charge in [0, 0.05) is 6.54 Å². The standard InChI is InChI=1S/C18H29N7O4/c19-7-5-3-1-2-4-6-8-21-17(28)14-12(26)13(27)18(29-14)25-10-24-11-15(20)22-9-23-16(11)25/h9-10,12-14,18,26-27H,1-8,19H2,(H,21,28)(H2,20,22,23)/t12-,13+,14-,18+/m0/s1. The molecule has 0 aromatic carbocycles. The molecular formula is C18H29N7O4. The summed E-state index contributed by atoms with van der Waals surface area (Å²) in [6.45, 7) is 1.21. The van der Waals surface area contributed by atoms with Gasteiger partial charge >= 0.3 is 0 Å². The second-order valence-electron chi connectivity index (χ2n) is 7.21. The highest BCUT2D eigenvalue weighted by molar-refractivity contribution is 5.82. The zero-order valence-corrected chi connectivity index (χ0v) is 16.3. The molecule has 160 valence electrons. The number of anilines is 1. The van der Waals surface area contributed by atoms with Crippen LogP contribution in [0.15, 0.2) is 12.7 Å². The Morgan fingerprint density at radius 1 is 1.10 bits per heavy atom. The van der Waals surface area contributed by atoms with Crippen molar-refractivity contribution in [2.45, 2.75) is 63.1 Å². The van der Waals surface area contributed by atoms with Crippen LogP contribution in [0.2, 0.25) is 0 Å². The number of imidazole rings is 1. The number of nitrogens with zero attached hydrogens (tertiary/aromatic N) is 4. The van der Waals surface area contributed by atoms with Gasteiger partial charge in [-0.1, -0.05) is 25.7 Å². The lowest BCUT2D eigenvalue weighted by Gasteiger charge is -2.16. The first-order chi connectivity index (χ1) is 14.0. The summed E-state index contributed by atoms with van der Waals surface area (Å²) in [6, 6.07) is 0.